The molecule has 0 saturated heterocycles. The van der Waals surface area contributed by atoms with Crippen LogP contribution in [0.2, 0.25) is 15.1 Å². The molecule has 0 amide bonds. The van der Waals surface area contributed by atoms with Crippen molar-refractivity contribution in [3.63, 3.8) is 0 Å². The second kappa shape index (κ2) is 10.7. The van der Waals surface area contributed by atoms with Crippen molar-refractivity contribution in [2.75, 3.05) is 12.4 Å². The minimum absolute atomic E-state index is 0.165. The summed E-state index contributed by atoms with van der Waals surface area (Å²) < 4.78 is 13.1. The van der Waals surface area contributed by atoms with Gasteiger partial charge in [0, 0.05) is 28.7 Å². The van der Waals surface area contributed by atoms with Crippen molar-refractivity contribution in [3.05, 3.63) is 56.5 Å². The molecule has 0 unspecified atom stereocenters. The molecule has 1 heterocycles. The van der Waals surface area contributed by atoms with E-state index in [0.717, 1.165) is 24.9 Å². The third-order valence-electron chi connectivity index (χ3n) is 4.42. The lowest BCUT2D eigenvalue weighted by Gasteiger charge is -2.16. The monoisotopic (exact) mass is 469 g/mol. The summed E-state index contributed by atoms with van der Waals surface area (Å²) in [5.74, 6) is 1.53. The zero-order chi connectivity index (χ0) is 21.5. The third-order valence-corrected chi connectivity index (χ3v) is 5.41. The van der Waals surface area contributed by atoms with Gasteiger partial charge in [-0.15, -0.1) is 0 Å². The highest BCUT2D eigenvalue weighted by molar-refractivity contribution is 6.36. The Balaban J connectivity index is 1.72. The zero-order valence-electron chi connectivity index (χ0n) is 16.7. The summed E-state index contributed by atoms with van der Waals surface area (Å²) in [6.45, 7) is 3.51. The Kier molecular flexibility index (Phi) is 8.01. The van der Waals surface area contributed by atoms with Gasteiger partial charge >= 0.3 is 0 Å². The predicted octanol–water partition coefficient (Wildman–Crippen LogP) is 5.63. The molecule has 30 heavy (non-hydrogen) atoms. The van der Waals surface area contributed by atoms with E-state index in [2.05, 4.69) is 27.8 Å². The maximum Gasteiger partial charge on any atom is 0.243 e. The molecule has 7 nitrogen and oxygen atoms in total. The highest BCUT2D eigenvalue weighted by Gasteiger charge is 2.15. The van der Waals surface area contributed by atoms with Gasteiger partial charge in [-0.1, -0.05) is 59.3 Å². The number of aromatic nitrogens is 4. The highest BCUT2D eigenvalue weighted by Crippen LogP contribution is 2.38. The topological polar surface area (TPSA) is 74.1 Å². The molecule has 0 radical (unpaired) electrons. The smallest absolute Gasteiger partial charge is 0.243 e. The number of unbranched alkanes of at least 4 members (excludes halogenated alkanes) is 1. The molecule has 0 atom stereocenters. The Labute approximate surface area is 190 Å². The molecule has 0 spiro atoms. The maximum absolute atomic E-state index is 6.48. The van der Waals surface area contributed by atoms with Gasteiger partial charge in [0.15, 0.2) is 11.5 Å². The van der Waals surface area contributed by atoms with Gasteiger partial charge in [-0.2, -0.15) is 0 Å². The maximum atomic E-state index is 6.48. The zero-order valence-corrected chi connectivity index (χ0v) is 18.9. The largest absolute Gasteiger partial charge is 0.493 e. The minimum atomic E-state index is 0.165. The van der Waals surface area contributed by atoms with Gasteiger partial charge in [-0.25, -0.2) is 4.68 Å². The van der Waals surface area contributed by atoms with Crippen LogP contribution in [0.4, 0.5) is 5.95 Å². The van der Waals surface area contributed by atoms with Crippen LogP contribution in [0.3, 0.4) is 0 Å². The SMILES string of the molecule is CCCCn1nnnc1NCc1cc(Cl)c(OCc2c(Cl)cccc2Cl)c(OC)c1. The van der Waals surface area contributed by atoms with Crippen molar-refractivity contribution in [1.82, 2.24) is 20.2 Å². The van der Waals surface area contributed by atoms with Crippen LogP contribution in [-0.2, 0) is 19.7 Å². The van der Waals surface area contributed by atoms with Gasteiger partial charge in [0.25, 0.3) is 0 Å². The molecule has 0 aliphatic rings. The molecule has 1 aromatic heterocycles. The molecule has 0 aliphatic heterocycles. The van der Waals surface area contributed by atoms with Crippen molar-refractivity contribution in [1.29, 1.82) is 0 Å². The highest BCUT2D eigenvalue weighted by atomic mass is 35.5. The van der Waals surface area contributed by atoms with E-state index in [1.54, 1.807) is 36.1 Å². The van der Waals surface area contributed by atoms with E-state index >= 15 is 0 Å². The van der Waals surface area contributed by atoms with E-state index in [1.807, 2.05) is 6.07 Å². The lowest BCUT2D eigenvalue weighted by molar-refractivity contribution is 0.284. The summed E-state index contributed by atoms with van der Waals surface area (Å²) in [6, 6.07) is 8.95. The molecule has 3 aromatic rings. The van der Waals surface area contributed by atoms with Gasteiger partial charge in [0.2, 0.25) is 5.95 Å². The number of hydrogen-bond acceptors (Lipinski definition) is 6. The molecular formula is C20H22Cl3N5O2. The molecule has 3 rings (SSSR count). The number of aryl methyl sites for hydroxylation is 1. The van der Waals surface area contributed by atoms with Crippen molar-refractivity contribution in [3.8, 4) is 11.5 Å². The average Bonchev–Trinajstić information content (AvgIpc) is 3.18. The molecule has 0 saturated carbocycles. The van der Waals surface area contributed by atoms with Crippen LogP contribution in [0.15, 0.2) is 30.3 Å². The number of anilines is 1. The summed E-state index contributed by atoms with van der Waals surface area (Å²) in [6.07, 6.45) is 2.06. The summed E-state index contributed by atoms with van der Waals surface area (Å²) >= 11 is 18.9. The van der Waals surface area contributed by atoms with Crippen LogP contribution in [0, 0.1) is 0 Å². The summed E-state index contributed by atoms with van der Waals surface area (Å²) in [4.78, 5) is 0. The van der Waals surface area contributed by atoms with Crippen LogP contribution in [0.25, 0.3) is 0 Å². The van der Waals surface area contributed by atoms with Gasteiger partial charge in [0.05, 0.1) is 12.1 Å². The molecule has 0 fully saturated rings. The second-order valence-corrected chi connectivity index (χ2v) is 7.75. The molecule has 2 aromatic carbocycles. The quantitative estimate of drug-likeness (QED) is 0.414. The van der Waals surface area contributed by atoms with Gasteiger partial charge in [0.1, 0.15) is 6.61 Å². The first-order valence-corrected chi connectivity index (χ1v) is 10.6. The van der Waals surface area contributed by atoms with Crippen molar-refractivity contribution >= 4 is 40.8 Å². The fourth-order valence-electron chi connectivity index (χ4n) is 2.80. The number of hydrogen-bond donors (Lipinski definition) is 1. The van der Waals surface area contributed by atoms with Crippen LogP contribution in [-0.4, -0.2) is 27.3 Å². The van der Waals surface area contributed by atoms with Crippen molar-refractivity contribution in [2.24, 2.45) is 0 Å². The number of ether oxygens (including phenoxy) is 2. The number of halogens is 3. The molecule has 0 bridgehead atoms. The Morgan fingerprint density at radius 1 is 1.10 bits per heavy atom. The minimum Gasteiger partial charge on any atom is -0.493 e. The Morgan fingerprint density at radius 3 is 2.57 bits per heavy atom. The predicted molar refractivity (Wildman–Crippen MR) is 119 cm³/mol. The van der Waals surface area contributed by atoms with Crippen molar-refractivity contribution < 1.29 is 9.47 Å². The Morgan fingerprint density at radius 2 is 1.87 bits per heavy atom. The fourth-order valence-corrected chi connectivity index (χ4v) is 3.60. The summed E-state index contributed by atoms with van der Waals surface area (Å²) in [7, 11) is 1.56. The number of rotatable bonds is 10. The van der Waals surface area contributed by atoms with Gasteiger partial charge < -0.3 is 14.8 Å². The van der Waals surface area contributed by atoms with Crippen LogP contribution in [0.5, 0.6) is 11.5 Å². The van der Waals surface area contributed by atoms with E-state index < -0.39 is 0 Å². The number of benzene rings is 2. The molecule has 160 valence electrons. The first-order chi connectivity index (χ1) is 14.5. The molecule has 10 heteroatoms. The van der Waals surface area contributed by atoms with E-state index in [0.29, 0.717) is 44.6 Å². The molecule has 1 N–H and O–H groups in total. The first kappa shape index (κ1) is 22.5. The van der Waals surface area contributed by atoms with E-state index in [1.165, 1.54) is 0 Å². The number of methoxy groups -OCH3 is 1. The standard InChI is InChI=1S/C20H22Cl3N5O2/c1-3-4-8-28-20(25-26-27-28)24-11-13-9-17(23)19(18(10-13)29-2)30-12-14-15(21)6-5-7-16(14)22/h5-7,9-10H,3-4,8,11-12H2,1-2H3,(H,24,25,27). The Hall–Kier alpha value is -2.22. The third kappa shape index (κ3) is 5.47. The number of nitrogens with zero attached hydrogens (tertiary/aromatic N) is 4. The van der Waals surface area contributed by atoms with E-state index in [-0.39, 0.29) is 6.61 Å². The lowest BCUT2D eigenvalue weighted by Crippen LogP contribution is -2.09. The fraction of sp³-hybridized carbons (Fsp3) is 0.350. The first-order valence-electron chi connectivity index (χ1n) is 9.45. The Bertz CT molecular complexity index is 976. The average molecular weight is 471 g/mol. The van der Waals surface area contributed by atoms with Crippen LogP contribution < -0.4 is 14.8 Å². The number of tetrazole rings is 1. The lowest BCUT2D eigenvalue weighted by atomic mass is 10.2. The molecular weight excluding hydrogens is 449 g/mol. The van der Waals surface area contributed by atoms with E-state index in [4.69, 9.17) is 44.3 Å². The van der Waals surface area contributed by atoms with Crippen LogP contribution in [0.1, 0.15) is 30.9 Å². The second-order valence-electron chi connectivity index (χ2n) is 6.53. The number of nitrogens with one attached hydrogen (secondary N) is 1. The van der Waals surface area contributed by atoms with Gasteiger partial charge in [-0.05, 0) is 46.7 Å². The summed E-state index contributed by atoms with van der Waals surface area (Å²) in [5.41, 5.74) is 1.58. The van der Waals surface area contributed by atoms with Gasteiger partial charge in [-0.3, -0.25) is 0 Å². The van der Waals surface area contributed by atoms with E-state index in [9.17, 15) is 0 Å². The van der Waals surface area contributed by atoms with Crippen LogP contribution >= 0.6 is 34.8 Å². The normalized spacial score (nSPS) is 10.8. The summed E-state index contributed by atoms with van der Waals surface area (Å²) in [5, 5.41) is 16.4. The van der Waals surface area contributed by atoms with Crippen molar-refractivity contribution in [2.45, 2.75) is 39.5 Å². The molecule has 0 aliphatic carbocycles.